The topological polar surface area (TPSA) is 9.23 Å². The van der Waals surface area contributed by atoms with Crippen LogP contribution in [0.3, 0.4) is 0 Å². The summed E-state index contributed by atoms with van der Waals surface area (Å²) in [5, 5.41) is 0. The minimum atomic E-state index is -1.93. The van der Waals surface area contributed by atoms with E-state index in [9.17, 15) is 0 Å². The molecule has 0 unspecified atom stereocenters. The van der Waals surface area contributed by atoms with Gasteiger partial charge in [-0.3, -0.25) is 0 Å². The Morgan fingerprint density at radius 2 is 1.00 bits per heavy atom. The first-order valence-electron chi connectivity index (χ1n) is 4.20. The summed E-state index contributed by atoms with van der Waals surface area (Å²) in [5.41, 5.74) is 7.49. The number of rotatable bonds is 6. The van der Waals surface area contributed by atoms with Gasteiger partial charge in [-0.05, 0) is 13.1 Å². The summed E-state index contributed by atoms with van der Waals surface area (Å²) in [4.78, 5) is 0. The van der Waals surface area contributed by atoms with E-state index < -0.39 is 16.6 Å². The van der Waals surface area contributed by atoms with Gasteiger partial charge in [0.05, 0.1) is 0 Å². The van der Waals surface area contributed by atoms with E-state index >= 15 is 0 Å². The van der Waals surface area contributed by atoms with Crippen LogP contribution in [0.15, 0.2) is 49.1 Å². The van der Waals surface area contributed by atoms with Crippen molar-refractivity contribution >= 4 is 16.6 Å². The summed E-state index contributed by atoms with van der Waals surface area (Å²) in [6, 6.07) is 0. The first kappa shape index (κ1) is 16.5. The van der Waals surface area contributed by atoms with Crippen LogP contribution < -0.4 is 0 Å². The summed E-state index contributed by atoms with van der Waals surface area (Å²) in [5.74, 6) is 0. The van der Waals surface area contributed by atoms with Crippen LogP contribution in [0.4, 0.5) is 0 Å². The molecule has 0 amide bonds. The van der Waals surface area contributed by atoms with Gasteiger partial charge in [-0.25, -0.2) is 0 Å². The predicted molar refractivity (Wildman–Crippen MR) is 65.1 cm³/mol. The van der Waals surface area contributed by atoms with E-state index in [1.807, 2.05) is 22.8 Å². The van der Waals surface area contributed by atoms with Crippen molar-refractivity contribution in [3.8, 4) is 0 Å². The van der Waals surface area contributed by atoms with E-state index in [1.54, 1.807) is 0 Å². The molecule has 0 aromatic carbocycles. The molecule has 82 valence electrons. The van der Waals surface area contributed by atoms with E-state index in [0.717, 1.165) is 0 Å². The third-order valence-electron chi connectivity index (χ3n) is 2.06. The summed E-state index contributed by atoms with van der Waals surface area (Å²) in [6.45, 7) is 19.2. The molecular formula is C10H18OPtSi2. The van der Waals surface area contributed by atoms with Crippen molar-refractivity contribution in [1.29, 1.82) is 0 Å². The molecule has 0 fully saturated rings. The summed E-state index contributed by atoms with van der Waals surface area (Å²) in [6.07, 6.45) is 0. The largest absolute Gasteiger partial charge is 0.443 e. The Balaban J connectivity index is 0. The van der Waals surface area contributed by atoms with Crippen molar-refractivity contribution in [3.63, 3.8) is 0 Å². The molecule has 0 rings (SSSR count). The normalized spacial score (nSPS) is 11.0. The van der Waals surface area contributed by atoms with Crippen LogP contribution >= 0.6 is 0 Å². The molecule has 1 nitrogen and oxygen atoms in total. The molecule has 0 bridgehead atoms. The molecule has 0 atom stereocenters. The van der Waals surface area contributed by atoms with Crippen molar-refractivity contribution in [2.24, 2.45) is 0 Å². The summed E-state index contributed by atoms with van der Waals surface area (Å²) < 4.78 is 6.03. The molecule has 0 aliphatic carbocycles. The van der Waals surface area contributed by atoms with Gasteiger partial charge in [0.1, 0.15) is 0 Å². The number of hydrogen-bond donors (Lipinski definition) is 0. The minimum absolute atomic E-state index is 0. The third kappa shape index (κ3) is 4.51. The van der Waals surface area contributed by atoms with E-state index in [0.29, 0.717) is 0 Å². The van der Waals surface area contributed by atoms with Crippen molar-refractivity contribution in [2.45, 2.75) is 13.1 Å². The molecule has 14 heavy (non-hydrogen) atoms. The Hall–Kier alpha value is 0.0421. The fraction of sp³-hybridized carbons (Fsp3) is 0.200. The van der Waals surface area contributed by atoms with Crippen LogP contribution in [-0.2, 0) is 25.2 Å². The van der Waals surface area contributed by atoms with E-state index in [1.165, 1.54) is 0 Å². The Morgan fingerprint density at radius 3 is 1.14 bits per heavy atom. The van der Waals surface area contributed by atoms with Gasteiger partial charge < -0.3 is 4.12 Å². The smallest absolute Gasteiger partial charge is 0.226 e. The van der Waals surface area contributed by atoms with Gasteiger partial charge in [0.25, 0.3) is 0 Å². The second kappa shape index (κ2) is 6.51. The zero-order valence-corrected chi connectivity index (χ0v) is 13.1. The first-order chi connectivity index (χ1) is 5.95. The minimum Gasteiger partial charge on any atom is -0.443 e. The SMILES string of the molecule is C=C[Si](C)(C=C)O[Si](C)(C=C)C=C.[Pt]. The molecule has 0 spiro atoms. The zero-order chi connectivity index (χ0) is 10.5. The van der Waals surface area contributed by atoms with Gasteiger partial charge in [-0.1, -0.05) is 22.8 Å². The van der Waals surface area contributed by atoms with Gasteiger partial charge in [-0.15, -0.1) is 26.3 Å². The van der Waals surface area contributed by atoms with Crippen molar-refractivity contribution < 1.29 is 25.2 Å². The van der Waals surface area contributed by atoms with E-state index in [-0.39, 0.29) is 21.1 Å². The van der Waals surface area contributed by atoms with E-state index in [2.05, 4.69) is 39.4 Å². The molecule has 0 aliphatic heterocycles. The standard InChI is InChI=1S/C10H18OSi2.Pt/c1-7-12(5,8-2)11-13(6,9-3)10-4;/h7-10H,1-4H2,5-6H3;. The molecule has 0 aromatic rings. The maximum atomic E-state index is 6.03. The maximum Gasteiger partial charge on any atom is 0.226 e. The maximum absolute atomic E-state index is 6.03. The molecule has 0 radical (unpaired) electrons. The Kier molecular flexibility index (Phi) is 7.66. The molecule has 0 saturated carbocycles. The third-order valence-corrected chi connectivity index (χ3v) is 8.82. The van der Waals surface area contributed by atoms with Crippen LogP contribution in [-0.4, -0.2) is 16.6 Å². The molecule has 0 heterocycles. The van der Waals surface area contributed by atoms with Gasteiger partial charge >= 0.3 is 0 Å². The van der Waals surface area contributed by atoms with Gasteiger partial charge in [0, 0.05) is 21.1 Å². The predicted octanol–water partition coefficient (Wildman–Crippen LogP) is 3.05. The van der Waals surface area contributed by atoms with Crippen LogP contribution in [0.1, 0.15) is 0 Å². The molecule has 0 aromatic heterocycles. The van der Waals surface area contributed by atoms with Crippen LogP contribution in [0.2, 0.25) is 13.1 Å². The Morgan fingerprint density at radius 1 is 0.786 bits per heavy atom. The summed E-state index contributed by atoms with van der Waals surface area (Å²) in [7, 11) is -3.86. The quantitative estimate of drug-likeness (QED) is 0.618. The Labute approximate surface area is 104 Å². The van der Waals surface area contributed by atoms with Gasteiger partial charge in [-0.2, -0.15) is 0 Å². The average molecular weight is 406 g/mol. The van der Waals surface area contributed by atoms with E-state index in [4.69, 9.17) is 4.12 Å². The zero-order valence-electron chi connectivity index (χ0n) is 8.86. The molecule has 4 heteroatoms. The Bertz CT molecular complexity index is 198. The van der Waals surface area contributed by atoms with Crippen molar-refractivity contribution in [1.82, 2.24) is 0 Å². The summed E-state index contributed by atoms with van der Waals surface area (Å²) >= 11 is 0. The second-order valence-corrected chi connectivity index (χ2v) is 10.5. The van der Waals surface area contributed by atoms with Crippen LogP contribution in [0.25, 0.3) is 0 Å². The number of hydrogen-bond acceptors (Lipinski definition) is 1. The first-order valence-corrected chi connectivity index (χ1v) is 9.32. The fourth-order valence-electron chi connectivity index (χ4n) is 0.807. The van der Waals surface area contributed by atoms with Crippen LogP contribution in [0, 0.1) is 0 Å². The van der Waals surface area contributed by atoms with Crippen LogP contribution in [0.5, 0.6) is 0 Å². The molecule has 0 aliphatic rings. The van der Waals surface area contributed by atoms with Crippen molar-refractivity contribution in [2.75, 3.05) is 0 Å². The molecule has 0 N–H and O–H groups in total. The molecular weight excluding hydrogens is 387 g/mol. The van der Waals surface area contributed by atoms with Gasteiger partial charge in [0.15, 0.2) is 0 Å². The molecule has 0 saturated heterocycles. The fourth-order valence-corrected chi connectivity index (χ4v) is 6.26. The average Bonchev–Trinajstić information content (AvgIpc) is 2.17. The second-order valence-electron chi connectivity index (χ2n) is 3.29. The van der Waals surface area contributed by atoms with Gasteiger partial charge in [0.2, 0.25) is 16.6 Å². The monoisotopic (exact) mass is 405 g/mol. The van der Waals surface area contributed by atoms with Crippen molar-refractivity contribution in [3.05, 3.63) is 49.1 Å².